The molecule has 1 N–H and O–H groups in total. The second kappa shape index (κ2) is 9.37. The minimum Gasteiger partial charge on any atom is -0.495 e. The zero-order valence-corrected chi connectivity index (χ0v) is 18.6. The Morgan fingerprint density at radius 2 is 1.72 bits per heavy atom. The molecule has 0 spiro atoms. The van der Waals surface area contributed by atoms with Gasteiger partial charge >= 0.3 is 0 Å². The highest BCUT2D eigenvalue weighted by Crippen LogP contribution is 2.38. The van der Waals surface area contributed by atoms with Gasteiger partial charge in [-0.3, -0.25) is 9.10 Å². The van der Waals surface area contributed by atoms with E-state index in [9.17, 15) is 13.2 Å². The Morgan fingerprint density at radius 3 is 2.24 bits per heavy atom. The van der Waals surface area contributed by atoms with Crippen molar-refractivity contribution in [1.82, 2.24) is 5.32 Å². The monoisotopic (exact) mass is 440 g/mol. The summed E-state index contributed by atoms with van der Waals surface area (Å²) in [5, 5.41) is 3.09. The molecule has 0 unspecified atom stereocenters. The number of aryl methyl sites for hydroxylation is 1. The number of halogens is 1. The topological polar surface area (TPSA) is 84.9 Å². The molecule has 0 heterocycles. The van der Waals surface area contributed by atoms with Crippen molar-refractivity contribution in [2.24, 2.45) is 0 Å². The third-order valence-electron chi connectivity index (χ3n) is 4.36. The van der Waals surface area contributed by atoms with E-state index in [0.29, 0.717) is 0 Å². The number of ether oxygens (including phenoxy) is 2. The molecule has 1 atom stereocenters. The average molecular weight is 441 g/mol. The van der Waals surface area contributed by atoms with Gasteiger partial charge in [0, 0.05) is 12.1 Å². The molecule has 158 valence electrons. The Labute approximate surface area is 176 Å². The number of nitrogens with zero attached hydrogens (tertiary/aromatic N) is 1. The second-order valence-electron chi connectivity index (χ2n) is 6.63. The van der Waals surface area contributed by atoms with Crippen LogP contribution in [-0.4, -0.2) is 41.3 Å². The summed E-state index contributed by atoms with van der Waals surface area (Å²) in [5.74, 6) is 0.0182. The van der Waals surface area contributed by atoms with Gasteiger partial charge in [-0.15, -0.1) is 0 Å². The smallest absolute Gasteiger partial charge is 0.241 e. The molecule has 2 rings (SSSR count). The van der Waals surface area contributed by atoms with Gasteiger partial charge in [-0.05, 0) is 19.4 Å². The molecule has 29 heavy (non-hydrogen) atoms. The number of sulfonamides is 1. The number of anilines is 1. The predicted molar refractivity (Wildman–Crippen MR) is 114 cm³/mol. The van der Waals surface area contributed by atoms with Gasteiger partial charge in [0.25, 0.3) is 0 Å². The van der Waals surface area contributed by atoms with Crippen molar-refractivity contribution < 1.29 is 22.7 Å². The highest BCUT2D eigenvalue weighted by atomic mass is 35.5. The van der Waals surface area contributed by atoms with E-state index < -0.39 is 22.5 Å². The van der Waals surface area contributed by atoms with Crippen LogP contribution < -0.4 is 19.1 Å². The Morgan fingerprint density at radius 1 is 1.14 bits per heavy atom. The van der Waals surface area contributed by atoms with Crippen LogP contribution in [0, 0.1) is 6.92 Å². The number of rotatable bonds is 8. The fraction of sp³-hybridized carbons (Fsp3) is 0.350. The van der Waals surface area contributed by atoms with Crippen LogP contribution in [0.3, 0.4) is 0 Å². The van der Waals surface area contributed by atoms with E-state index in [2.05, 4.69) is 5.32 Å². The van der Waals surface area contributed by atoms with E-state index in [1.807, 2.05) is 38.1 Å². The first-order valence-electron chi connectivity index (χ1n) is 8.82. The Hall–Kier alpha value is -2.45. The number of hydrogen-bond acceptors (Lipinski definition) is 5. The molecule has 0 fully saturated rings. The van der Waals surface area contributed by atoms with E-state index in [4.69, 9.17) is 21.1 Å². The van der Waals surface area contributed by atoms with E-state index in [1.165, 1.54) is 26.4 Å². The summed E-state index contributed by atoms with van der Waals surface area (Å²) in [6.07, 6.45) is 1.02. The fourth-order valence-corrected chi connectivity index (χ4v) is 3.86. The summed E-state index contributed by atoms with van der Waals surface area (Å²) in [4.78, 5) is 12.6. The summed E-state index contributed by atoms with van der Waals surface area (Å²) in [6, 6.07) is 10.3. The van der Waals surface area contributed by atoms with E-state index in [1.54, 1.807) is 0 Å². The molecule has 2 aromatic carbocycles. The number of hydrogen-bond donors (Lipinski definition) is 1. The number of amides is 1. The van der Waals surface area contributed by atoms with Crippen LogP contribution in [-0.2, 0) is 14.8 Å². The van der Waals surface area contributed by atoms with E-state index in [0.717, 1.165) is 21.7 Å². The minimum absolute atomic E-state index is 0.161. The zero-order valence-electron chi connectivity index (χ0n) is 17.0. The van der Waals surface area contributed by atoms with Crippen LogP contribution in [0.15, 0.2) is 36.4 Å². The molecule has 9 heteroatoms. The first-order valence-corrected chi connectivity index (χ1v) is 11.0. The molecule has 7 nitrogen and oxygen atoms in total. The fourth-order valence-electron chi connectivity index (χ4n) is 2.78. The van der Waals surface area contributed by atoms with Crippen LogP contribution in [0.25, 0.3) is 0 Å². The van der Waals surface area contributed by atoms with E-state index >= 15 is 0 Å². The van der Waals surface area contributed by atoms with E-state index in [-0.39, 0.29) is 28.3 Å². The quantitative estimate of drug-likeness (QED) is 0.680. The van der Waals surface area contributed by atoms with Crippen LogP contribution >= 0.6 is 11.6 Å². The molecule has 2 aromatic rings. The lowest BCUT2D eigenvalue weighted by molar-refractivity contribution is -0.120. The standard InChI is InChI=1S/C20H25ClN2O5S/c1-13-6-8-15(9-7-13)14(2)22-20(24)12-23(29(5,25)26)17-11-18(27-3)16(21)10-19(17)28-4/h6-11,14H,12H2,1-5H3,(H,22,24)/t14-/m1/s1. The Bertz CT molecular complexity index is 977. The number of carbonyl (C=O) groups excluding carboxylic acids is 1. The third kappa shape index (κ3) is 5.77. The molecule has 0 aromatic heterocycles. The largest absolute Gasteiger partial charge is 0.495 e. The van der Waals surface area contributed by atoms with Crippen LogP contribution in [0.1, 0.15) is 24.1 Å². The lowest BCUT2D eigenvalue weighted by Crippen LogP contribution is -2.41. The molecular weight excluding hydrogens is 416 g/mol. The minimum atomic E-state index is -3.80. The highest BCUT2D eigenvalue weighted by molar-refractivity contribution is 7.92. The van der Waals surface area contributed by atoms with Crippen molar-refractivity contribution in [3.8, 4) is 11.5 Å². The zero-order chi connectivity index (χ0) is 21.8. The van der Waals surface area contributed by atoms with Gasteiger partial charge in [0.05, 0.1) is 37.2 Å². The summed E-state index contributed by atoms with van der Waals surface area (Å²) in [5.41, 5.74) is 2.19. The molecule has 0 saturated carbocycles. The van der Waals surface area contributed by atoms with Crippen molar-refractivity contribution in [3.63, 3.8) is 0 Å². The maximum atomic E-state index is 12.6. The Kier molecular flexibility index (Phi) is 7.37. The Balaban J connectivity index is 2.30. The van der Waals surface area contributed by atoms with Gasteiger partial charge in [0.2, 0.25) is 15.9 Å². The van der Waals surface area contributed by atoms with Crippen LogP contribution in [0.2, 0.25) is 5.02 Å². The lowest BCUT2D eigenvalue weighted by Gasteiger charge is -2.25. The van der Waals surface area contributed by atoms with Crippen molar-refractivity contribution in [2.45, 2.75) is 19.9 Å². The van der Waals surface area contributed by atoms with Gasteiger partial charge in [-0.2, -0.15) is 0 Å². The van der Waals surface area contributed by atoms with Crippen molar-refractivity contribution in [2.75, 3.05) is 31.3 Å². The van der Waals surface area contributed by atoms with Crippen molar-refractivity contribution in [3.05, 3.63) is 52.5 Å². The maximum Gasteiger partial charge on any atom is 0.241 e. The third-order valence-corrected chi connectivity index (χ3v) is 5.79. The molecule has 0 aliphatic heterocycles. The second-order valence-corrected chi connectivity index (χ2v) is 8.94. The number of benzene rings is 2. The summed E-state index contributed by atoms with van der Waals surface area (Å²) in [7, 11) is -0.990. The van der Waals surface area contributed by atoms with Crippen LogP contribution in [0.5, 0.6) is 11.5 Å². The molecule has 0 aliphatic rings. The molecule has 0 aliphatic carbocycles. The van der Waals surface area contributed by atoms with Crippen molar-refractivity contribution >= 4 is 33.2 Å². The van der Waals surface area contributed by atoms with Crippen molar-refractivity contribution in [1.29, 1.82) is 0 Å². The van der Waals surface area contributed by atoms with Gasteiger partial charge in [0.15, 0.2) is 0 Å². The highest BCUT2D eigenvalue weighted by Gasteiger charge is 2.26. The molecule has 0 bridgehead atoms. The average Bonchev–Trinajstić information content (AvgIpc) is 2.65. The summed E-state index contributed by atoms with van der Waals surface area (Å²) < 4.78 is 36.3. The first kappa shape index (κ1) is 22.8. The number of carbonyl (C=O) groups is 1. The maximum absolute atomic E-state index is 12.6. The van der Waals surface area contributed by atoms with Gasteiger partial charge < -0.3 is 14.8 Å². The summed E-state index contributed by atoms with van der Waals surface area (Å²) >= 11 is 6.10. The molecular formula is C20H25ClN2O5S. The van der Waals surface area contributed by atoms with Gasteiger partial charge in [-0.25, -0.2) is 8.42 Å². The molecule has 0 saturated heterocycles. The number of methoxy groups -OCH3 is 2. The van der Waals surface area contributed by atoms with Gasteiger partial charge in [-0.1, -0.05) is 41.4 Å². The summed E-state index contributed by atoms with van der Waals surface area (Å²) in [6.45, 7) is 3.39. The molecule has 1 amide bonds. The first-order chi connectivity index (χ1) is 13.6. The molecule has 0 radical (unpaired) electrons. The van der Waals surface area contributed by atoms with Crippen LogP contribution in [0.4, 0.5) is 5.69 Å². The normalized spacial score (nSPS) is 12.2. The SMILES string of the molecule is COc1cc(N(CC(=O)N[C@H](C)c2ccc(C)cc2)S(C)(=O)=O)c(OC)cc1Cl. The van der Waals surface area contributed by atoms with Gasteiger partial charge in [0.1, 0.15) is 18.0 Å². The predicted octanol–water partition coefficient (Wildman–Crippen LogP) is 3.31. The number of nitrogens with one attached hydrogen (secondary N) is 1. The lowest BCUT2D eigenvalue weighted by atomic mass is 10.1.